The van der Waals surface area contributed by atoms with Gasteiger partial charge in [-0.25, -0.2) is 0 Å². The number of aryl methyl sites for hydroxylation is 3. The van der Waals surface area contributed by atoms with Crippen molar-refractivity contribution in [2.24, 2.45) is 0 Å². The summed E-state index contributed by atoms with van der Waals surface area (Å²) in [4.78, 5) is 0. The van der Waals surface area contributed by atoms with Gasteiger partial charge >= 0.3 is 151 Å². The summed E-state index contributed by atoms with van der Waals surface area (Å²) < 4.78 is 1.61. The van der Waals surface area contributed by atoms with Crippen LogP contribution in [0.5, 0.6) is 0 Å². The van der Waals surface area contributed by atoms with Gasteiger partial charge in [0.15, 0.2) is 0 Å². The van der Waals surface area contributed by atoms with Gasteiger partial charge in [0.2, 0.25) is 0 Å². The van der Waals surface area contributed by atoms with Crippen molar-refractivity contribution >= 4 is 14.7 Å². The molecule has 0 unspecified atom stereocenters. The maximum atomic E-state index is 2.36. The van der Waals surface area contributed by atoms with Crippen LogP contribution in [0.25, 0.3) is 0 Å². The predicted octanol–water partition coefficient (Wildman–Crippen LogP) is -4.52. The van der Waals surface area contributed by atoms with Crippen LogP contribution in [0.15, 0.2) is 32.4 Å². The third kappa shape index (κ3) is 7.20. The van der Waals surface area contributed by atoms with E-state index < -0.39 is 0 Å². The number of hydrogen-bond donors (Lipinski definition) is 0. The quantitative estimate of drug-likeness (QED) is 0.302. The van der Waals surface area contributed by atoms with Gasteiger partial charge in [0.05, 0.1) is 0 Å². The summed E-state index contributed by atoms with van der Waals surface area (Å²) in [6.45, 7) is 11.5. The normalized spacial score (nSPS) is 13.9. The van der Waals surface area contributed by atoms with E-state index in [0.717, 1.165) is 0 Å². The molecule has 0 saturated carbocycles. The van der Waals surface area contributed by atoms with E-state index in [4.69, 9.17) is 0 Å². The van der Waals surface area contributed by atoms with Crippen LogP contribution in [-0.2, 0) is 20.4 Å². The molecule has 2 rings (SSSR count). The number of halogens is 3. The Morgan fingerprint density at radius 1 is 0.960 bits per heavy atom. The second-order valence-corrected chi connectivity index (χ2v) is 9.59. The van der Waals surface area contributed by atoms with E-state index in [0.29, 0.717) is 0 Å². The van der Waals surface area contributed by atoms with Crippen molar-refractivity contribution in [3.8, 4) is 0 Å². The Labute approximate surface area is 187 Å². The largest absolute Gasteiger partial charge is 1.00 e. The molecular weight excluding hydrogens is 423 g/mol. The first kappa shape index (κ1) is 27.7. The molecule has 1 aromatic rings. The molecule has 0 spiro atoms. The van der Waals surface area contributed by atoms with Crippen LogP contribution in [0.1, 0.15) is 62.6 Å². The summed E-state index contributed by atoms with van der Waals surface area (Å²) in [5.41, 5.74) is 7.79. The second kappa shape index (κ2) is 12.8. The molecule has 1 aliphatic rings. The van der Waals surface area contributed by atoms with Crippen LogP contribution in [-0.4, -0.2) is 9.52 Å². The average molecular weight is 452 g/mol. The Balaban J connectivity index is 0. The number of benzene rings is 1. The zero-order valence-electron chi connectivity index (χ0n) is 16.0. The fourth-order valence-electron chi connectivity index (χ4n) is 3.62. The Morgan fingerprint density at radius 2 is 1.52 bits per heavy atom. The van der Waals surface area contributed by atoms with Gasteiger partial charge in [-0.3, -0.25) is 0 Å². The Morgan fingerprint density at radius 3 is 2.04 bits per heavy atom. The van der Waals surface area contributed by atoms with Crippen molar-refractivity contribution < 1.29 is 57.7 Å². The fraction of sp³-hybridized carbons (Fsp3) is 0.500. The van der Waals surface area contributed by atoms with Gasteiger partial charge in [-0.05, 0) is 0 Å². The number of allylic oxidation sites excluding steroid dienone is 4. The molecule has 0 saturated heterocycles. The maximum Gasteiger partial charge on any atom is -1.00 e. The van der Waals surface area contributed by atoms with Gasteiger partial charge in [0, 0.05) is 0 Å². The smallest absolute Gasteiger partial charge is 1.00 e. The second-order valence-electron chi connectivity index (χ2n) is 6.90. The van der Waals surface area contributed by atoms with E-state index in [-0.39, 0.29) is 46.7 Å². The van der Waals surface area contributed by atoms with Crippen molar-refractivity contribution in [2.45, 2.75) is 66.7 Å². The zero-order chi connectivity index (χ0) is 16.3. The number of hydrogen-bond acceptors (Lipinski definition) is 0. The van der Waals surface area contributed by atoms with Gasteiger partial charge in [-0.15, -0.1) is 0 Å². The monoisotopic (exact) mass is 450 g/mol. The predicted molar refractivity (Wildman–Crippen MR) is 97.3 cm³/mol. The van der Waals surface area contributed by atoms with Crippen LogP contribution in [0.2, 0.25) is 0 Å². The molecular formula is C20H29Cl3SiTi. The molecule has 0 heterocycles. The van der Waals surface area contributed by atoms with Gasteiger partial charge in [0.1, 0.15) is 0 Å². The van der Waals surface area contributed by atoms with E-state index in [1.54, 1.807) is 25.4 Å². The molecule has 138 valence electrons. The van der Waals surface area contributed by atoms with Crippen molar-refractivity contribution in [1.29, 1.82) is 0 Å². The SMILES string of the molecule is CCCCCC1=[C]([Ti+3])C(C)=C([SiH2]c2c(C)cc(C)cc2C)C1.[Cl-].[Cl-].[Cl-]. The molecule has 0 amide bonds. The topological polar surface area (TPSA) is 0 Å². The van der Waals surface area contributed by atoms with Crippen molar-refractivity contribution in [3.05, 3.63) is 49.0 Å². The fourth-order valence-corrected chi connectivity index (χ4v) is 6.56. The molecule has 25 heavy (non-hydrogen) atoms. The first-order valence-corrected chi connectivity index (χ1v) is 10.8. The Kier molecular flexibility index (Phi) is 14.2. The summed E-state index contributed by atoms with van der Waals surface area (Å²) in [5.74, 6) is 0. The van der Waals surface area contributed by atoms with E-state index in [2.05, 4.69) is 67.2 Å². The Bertz CT molecular complexity index is 613. The average Bonchev–Trinajstić information content (AvgIpc) is 2.71. The van der Waals surface area contributed by atoms with Gasteiger partial charge in [-0.1, -0.05) is 0 Å². The molecule has 0 nitrogen and oxygen atoms in total. The first-order valence-electron chi connectivity index (χ1n) is 8.63. The molecule has 0 bridgehead atoms. The summed E-state index contributed by atoms with van der Waals surface area (Å²) in [6.07, 6.45) is 6.66. The molecule has 0 fully saturated rings. The summed E-state index contributed by atoms with van der Waals surface area (Å²) in [5, 5.41) is 3.47. The molecule has 0 aliphatic heterocycles. The zero-order valence-corrected chi connectivity index (χ0v) is 21.3. The Hall–Kier alpha value is 0.501. The van der Waals surface area contributed by atoms with Crippen LogP contribution >= 0.6 is 0 Å². The van der Waals surface area contributed by atoms with Gasteiger partial charge in [-0.2, -0.15) is 0 Å². The van der Waals surface area contributed by atoms with Gasteiger partial charge in [0.25, 0.3) is 0 Å². The molecule has 5 heteroatoms. The van der Waals surface area contributed by atoms with Crippen molar-refractivity contribution in [1.82, 2.24) is 0 Å². The van der Waals surface area contributed by atoms with Crippen molar-refractivity contribution in [3.63, 3.8) is 0 Å². The number of unbranched alkanes of at least 4 members (excludes halogenated alkanes) is 2. The number of rotatable bonds is 6. The molecule has 0 atom stereocenters. The summed E-state index contributed by atoms with van der Waals surface area (Å²) in [6, 6.07) is 4.73. The molecule has 0 radical (unpaired) electrons. The van der Waals surface area contributed by atoms with E-state index >= 15 is 0 Å². The molecule has 0 N–H and O–H groups in total. The van der Waals surface area contributed by atoms with Crippen LogP contribution in [0, 0.1) is 20.8 Å². The minimum atomic E-state index is -0.310. The molecule has 0 aromatic heterocycles. The van der Waals surface area contributed by atoms with Crippen LogP contribution in [0.3, 0.4) is 0 Å². The molecule has 1 aromatic carbocycles. The van der Waals surface area contributed by atoms with Crippen LogP contribution in [0.4, 0.5) is 0 Å². The summed E-state index contributed by atoms with van der Waals surface area (Å²) in [7, 11) is -0.310. The van der Waals surface area contributed by atoms with Crippen molar-refractivity contribution in [2.75, 3.05) is 0 Å². The summed E-state index contributed by atoms with van der Waals surface area (Å²) >= 11 is 2.35. The first-order chi connectivity index (χ1) is 10.4. The minimum Gasteiger partial charge on any atom is -1.00 e. The standard InChI is InChI=1S/C20H29Si.3ClH.Ti/c1-6-7-8-9-18-12-15(3)19(13-18)21-20-16(4)10-14(2)11-17(20)5;;;;/h10-11H,6-9,13,21H2,1-5H3;3*1H;/q;;;;+3/p-3. The van der Waals surface area contributed by atoms with Gasteiger partial charge < -0.3 is 37.2 Å². The van der Waals surface area contributed by atoms with E-state index in [9.17, 15) is 0 Å². The maximum absolute atomic E-state index is 2.36. The third-order valence-corrected chi connectivity index (χ3v) is 8.81. The van der Waals surface area contributed by atoms with E-state index in [1.165, 1.54) is 48.8 Å². The minimum absolute atomic E-state index is 0. The van der Waals surface area contributed by atoms with E-state index in [1.807, 2.05) is 0 Å². The van der Waals surface area contributed by atoms with Crippen LogP contribution < -0.4 is 42.4 Å². The third-order valence-electron chi connectivity index (χ3n) is 5.00. The molecule has 1 aliphatic carbocycles.